The van der Waals surface area contributed by atoms with Gasteiger partial charge in [-0.15, -0.1) is 0 Å². The van der Waals surface area contributed by atoms with Crippen LogP contribution in [-0.2, 0) is 10.0 Å². The summed E-state index contributed by atoms with van der Waals surface area (Å²) in [7, 11) is -3.85. The maximum Gasteiger partial charge on any atom is 0.261 e. The first-order chi connectivity index (χ1) is 11.8. The fourth-order valence-electron chi connectivity index (χ4n) is 2.06. The summed E-state index contributed by atoms with van der Waals surface area (Å²) in [5.41, 5.74) is 0.830. The molecule has 0 atom stereocenters. The number of benzene rings is 2. The van der Waals surface area contributed by atoms with E-state index < -0.39 is 10.0 Å². The van der Waals surface area contributed by atoms with Gasteiger partial charge in [0.2, 0.25) is 0 Å². The summed E-state index contributed by atoms with van der Waals surface area (Å²) in [6.45, 7) is 4.52. The normalized spacial score (nSPS) is 11.0. The number of nitrogens with zero attached hydrogens (tertiary/aromatic N) is 1. The largest absolute Gasteiger partial charge is 0.352 e. The molecule has 0 radical (unpaired) electrons. The zero-order valence-corrected chi connectivity index (χ0v) is 14.8. The van der Waals surface area contributed by atoms with E-state index >= 15 is 0 Å². The minimum absolute atomic E-state index is 0.0145. The highest BCUT2D eigenvalue weighted by Gasteiger charge is 2.16. The van der Waals surface area contributed by atoms with Crippen molar-refractivity contribution in [3.05, 3.63) is 59.7 Å². The number of carbonyl (C=O) groups is 1. The summed E-state index contributed by atoms with van der Waals surface area (Å²) in [6.07, 6.45) is 0. The summed E-state index contributed by atoms with van der Waals surface area (Å²) in [5, 5.41) is 11.8. The van der Waals surface area contributed by atoms with Crippen LogP contribution in [0.3, 0.4) is 0 Å². The van der Waals surface area contributed by atoms with Gasteiger partial charge in [-0.3, -0.25) is 9.52 Å². The second-order valence-electron chi connectivity index (χ2n) is 5.89. The van der Waals surface area contributed by atoms with Crippen LogP contribution in [0.15, 0.2) is 53.4 Å². The van der Waals surface area contributed by atoms with Crippen molar-refractivity contribution in [1.82, 2.24) is 5.32 Å². The molecule has 6 nitrogen and oxygen atoms in total. The Balaban J connectivity index is 2.18. The molecule has 0 aromatic heterocycles. The number of carbonyl (C=O) groups excluding carboxylic acids is 1. The van der Waals surface area contributed by atoms with Crippen molar-refractivity contribution in [1.29, 1.82) is 5.26 Å². The van der Waals surface area contributed by atoms with E-state index in [0.717, 1.165) is 0 Å². The highest BCUT2D eigenvalue weighted by atomic mass is 32.2. The van der Waals surface area contributed by atoms with Gasteiger partial charge in [-0.25, -0.2) is 8.42 Å². The van der Waals surface area contributed by atoms with Gasteiger partial charge in [-0.1, -0.05) is 26.0 Å². The van der Waals surface area contributed by atoms with Gasteiger partial charge in [0.1, 0.15) is 6.07 Å². The van der Waals surface area contributed by atoms with Crippen molar-refractivity contribution >= 4 is 21.6 Å². The van der Waals surface area contributed by atoms with E-state index in [1.54, 1.807) is 12.1 Å². The lowest BCUT2D eigenvalue weighted by molar-refractivity contribution is 0.0949. The van der Waals surface area contributed by atoms with Gasteiger partial charge >= 0.3 is 0 Å². The number of nitriles is 1. The third kappa shape index (κ3) is 4.81. The van der Waals surface area contributed by atoms with E-state index in [2.05, 4.69) is 10.0 Å². The van der Waals surface area contributed by atoms with E-state index in [9.17, 15) is 13.2 Å². The Hall–Kier alpha value is -2.85. The van der Waals surface area contributed by atoms with Gasteiger partial charge < -0.3 is 5.32 Å². The zero-order chi connectivity index (χ0) is 18.4. The molecular weight excluding hydrogens is 338 g/mol. The molecule has 1 amide bonds. The Bertz CT molecular complexity index is 898. The van der Waals surface area contributed by atoms with Crippen molar-refractivity contribution in [3.63, 3.8) is 0 Å². The van der Waals surface area contributed by atoms with Crippen molar-refractivity contribution in [3.8, 4) is 6.07 Å². The molecule has 0 bridgehead atoms. The molecule has 0 spiro atoms. The van der Waals surface area contributed by atoms with Crippen LogP contribution >= 0.6 is 0 Å². The predicted octanol–water partition coefficient (Wildman–Crippen LogP) is 2.74. The third-order valence-electron chi connectivity index (χ3n) is 3.39. The lowest BCUT2D eigenvalue weighted by atomic mass is 10.2. The SMILES string of the molecule is CC(C)CNC(=O)c1ccc(S(=O)(=O)Nc2ccccc2C#N)cc1. The van der Waals surface area contributed by atoms with Crippen LogP contribution in [0.2, 0.25) is 0 Å². The van der Waals surface area contributed by atoms with Crippen LogP contribution in [-0.4, -0.2) is 20.9 Å². The van der Waals surface area contributed by atoms with Gasteiger partial charge in [0.15, 0.2) is 0 Å². The summed E-state index contributed by atoms with van der Waals surface area (Å²) in [5.74, 6) is 0.0773. The zero-order valence-electron chi connectivity index (χ0n) is 14.0. The Morgan fingerprint density at radius 1 is 1.12 bits per heavy atom. The molecule has 25 heavy (non-hydrogen) atoms. The number of para-hydroxylation sites is 1. The minimum Gasteiger partial charge on any atom is -0.352 e. The standard InChI is InChI=1S/C18H19N3O3S/c1-13(2)12-20-18(22)14-7-9-16(10-8-14)25(23,24)21-17-6-4-3-5-15(17)11-19/h3-10,13,21H,12H2,1-2H3,(H,20,22). The second-order valence-corrected chi connectivity index (χ2v) is 7.57. The average Bonchev–Trinajstić information content (AvgIpc) is 2.60. The van der Waals surface area contributed by atoms with E-state index in [-0.39, 0.29) is 22.1 Å². The molecule has 0 aliphatic carbocycles. The first kappa shape index (κ1) is 18.5. The predicted molar refractivity (Wildman–Crippen MR) is 95.6 cm³/mol. The molecule has 0 saturated heterocycles. The van der Waals surface area contributed by atoms with Gasteiger partial charge in [0, 0.05) is 12.1 Å². The second kappa shape index (κ2) is 7.81. The van der Waals surface area contributed by atoms with Crippen LogP contribution in [0, 0.1) is 17.2 Å². The average molecular weight is 357 g/mol. The molecule has 0 unspecified atom stereocenters. The first-order valence-corrected chi connectivity index (χ1v) is 9.22. The topological polar surface area (TPSA) is 99.1 Å². The third-order valence-corrected chi connectivity index (χ3v) is 4.77. The van der Waals surface area contributed by atoms with Gasteiger partial charge in [-0.2, -0.15) is 5.26 Å². The molecule has 0 heterocycles. The van der Waals surface area contributed by atoms with Gasteiger partial charge in [-0.05, 0) is 42.3 Å². The van der Waals surface area contributed by atoms with Crippen LogP contribution in [0.4, 0.5) is 5.69 Å². The maximum atomic E-state index is 12.4. The molecule has 2 aromatic carbocycles. The molecule has 0 aliphatic heterocycles. The smallest absolute Gasteiger partial charge is 0.261 e. The fraction of sp³-hybridized carbons (Fsp3) is 0.222. The molecule has 2 rings (SSSR count). The van der Waals surface area contributed by atoms with Crippen LogP contribution in [0.1, 0.15) is 29.8 Å². The van der Waals surface area contributed by atoms with E-state index in [0.29, 0.717) is 18.0 Å². The minimum atomic E-state index is -3.85. The summed E-state index contributed by atoms with van der Waals surface area (Å²) in [6, 6.07) is 13.9. The Kier molecular flexibility index (Phi) is 5.78. The molecular formula is C18H19N3O3S. The highest BCUT2D eigenvalue weighted by molar-refractivity contribution is 7.92. The summed E-state index contributed by atoms with van der Waals surface area (Å²) in [4.78, 5) is 12.0. The van der Waals surface area contributed by atoms with E-state index in [1.807, 2.05) is 19.9 Å². The van der Waals surface area contributed by atoms with Crippen molar-refractivity contribution in [2.75, 3.05) is 11.3 Å². The monoisotopic (exact) mass is 357 g/mol. The lowest BCUT2D eigenvalue weighted by Gasteiger charge is -2.10. The number of nitrogens with one attached hydrogen (secondary N) is 2. The summed E-state index contributed by atoms with van der Waals surface area (Å²) < 4.78 is 27.3. The van der Waals surface area contributed by atoms with Crippen LogP contribution < -0.4 is 10.0 Å². The molecule has 0 saturated carbocycles. The number of anilines is 1. The van der Waals surface area contributed by atoms with Crippen LogP contribution in [0.5, 0.6) is 0 Å². The van der Waals surface area contributed by atoms with E-state index in [4.69, 9.17) is 5.26 Å². The first-order valence-electron chi connectivity index (χ1n) is 7.73. The number of hydrogen-bond acceptors (Lipinski definition) is 4. The lowest BCUT2D eigenvalue weighted by Crippen LogP contribution is -2.27. The van der Waals surface area contributed by atoms with Crippen molar-refractivity contribution in [2.45, 2.75) is 18.7 Å². The van der Waals surface area contributed by atoms with E-state index in [1.165, 1.54) is 36.4 Å². The quantitative estimate of drug-likeness (QED) is 0.830. The fourth-order valence-corrected chi connectivity index (χ4v) is 3.14. The number of rotatable bonds is 6. The Morgan fingerprint density at radius 3 is 2.36 bits per heavy atom. The maximum absolute atomic E-state index is 12.4. The molecule has 0 aliphatic rings. The Labute approximate surface area is 147 Å². The molecule has 130 valence electrons. The van der Waals surface area contributed by atoms with Gasteiger partial charge in [0.25, 0.3) is 15.9 Å². The van der Waals surface area contributed by atoms with Crippen molar-refractivity contribution < 1.29 is 13.2 Å². The molecule has 0 fully saturated rings. The highest BCUT2D eigenvalue weighted by Crippen LogP contribution is 2.19. The molecule has 7 heteroatoms. The summed E-state index contributed by atoms with van der Waals surface area (Å²) >= 11 is 0. The number of amides is 1. The molecule has 2 aromatic rings. The Morgan fingerprint density at radius 2 is 1.76 bits per heavy atom. The van der Waals surface area contributed by atoms with Crippen LogP contribution in [0.25, 0.3) is 0 Å². The van der Waals surface area contributed by atoms with Crippen molar-refractivity contribution in [2.24, 2.45) is 5.92 Å². The number of hydrogen-bond donors (Lipinski definition) is 2. The van der Waals surface area contributed by atoms with Gasteiger partial charge in [0.05, 0.1) is 16.1 Å². The number of sulfonamides is 1. The molecule has 2 N–H and O–H groups in total.